The molecule has 2 amide bonds. The van der Waals surface area contributed by atoms with Crippen molar-refractivity contribution >= 4 is 34.8 Å². The molecule has 9 heteroatoms. The number of aryl methyl sites for hydroxylation is 1. The first-order valence-corrected chi connectivity index (χ1v) is 14.4. The van der Waals surface area contributed by atoms with Gasteiger partial charge in [-0.05, 0) is 114 Å². The summed E-state index contributed by atoms with van der Waals surface area (Å²) in [7, 11) is 1.53. The van der Waals surface area contributed by atoms with Crippen LogP contribution in [-0.4, -0.2) is 46.0 Å². The van der Waals surface area contributed by atoms with E-state index in [2.05, 4.69) is 20.8 Å². The van der Waals surface area contributed by atoms with Crippen molar-refractivity contribution in [2.45, 2.75) is 92.8 Å². The number of ether oxygens (including phenoxy) is 3. The Kier molecular flexibility index (Phi) is 8.19. The normalized spacial score (nSPS) is 15.6. The summed E-state index contributed by atoms with van der Waals surface area (Å²) in [6, 6.07) is 9.96. The van der Waals surface area contributed by atoms with Crippen LogP contribution in [0, 0.1) is 11.3 Å². The topological polar surface area (TPSA) is 100.0 Å². The van der Waals surface area contributed by atoms with Crippen molar-refractivity contribution in [1.29, 1.82) is 0 Å². The molecule has 1 aromatic carbocycles. The van der Waals surface area contributed by atoms with Crippen LogP contribution in [0.25, 0.3) is 11.0 Å². The molecule has 1 aliphatic carbocycles. The highest BCUT2D eigenvalue weighted by Gasteiger charge is 2.36. The van der Waals surface area contributed by atoms with E-state index in [0.29, 0.717) is 22.7 Å². The number of anilines is 1. The Bertz CT molecular complexity index is 1500. The fraction of sp³-hybridized carbons (Fsp3) is 0.515. The zero-order valence-electron chi connectivity index (χ0n) is 26.5. The van der Waals surface area contributed by atoms with Gasteiger partial charge in [-0.3, -0.25) is 9.78 Å². The molecule has 0 fully saturated rings. The lowest BCUT2D eigenvalue weighted by Gasteiger charge is -2.34. The Morgan fingerprint density at radius 1 is 0.905 bits per heavy atom. The summed E-state index contributed by atoms with van der Waals surface area (Å²) in [5.41, 5.74) is 1.58. The molecule has 4 rings (SSSR count). The molecule has 2 heterocycles. The lowest BCUT2D eigenvalue weighted by molar-refractivity contribution is 0.0514. The van der Waals surface area contributed by atoms with E-state index in [9.17, 15) is 14.4 Å². The SMILES string of the molecule is COc1ccc(N(C(=O)OC(C)(C)C)C(=O)c2cc3nc4c(cc3n2C(=O)OC(C)(C)C)C[C@H](C(C)(C)C)CC4)cc1. The van der Waals surface area contributed by atoms with Crippen LogP contribution in [0.4, 0.5) is 15.3 Å². The van der Waals surface area contributed by atoms with E-state index < -0.39 is 29.3 Å². The number of carbonyl (C=O) groups excluding carboxylic acids is 3. The highest BCUT2D eigenvalue weighted by molar-refractivity contribution is 6.20. The maximum atomic E-state index is 14.3. The molecule has 0 saturated heterocycles. The van der Waals surface area contributed by atoms with Gasteiger partial charge in [-0.2, -0.15) is 0 Å². The third-order valence-corrected chi connectivity index (χ3v) is 7.28. The van der Waals surface area contributed by atoms with Crippen molar-refractivity contribution in [1.82, 2.24) is 9.55 Å². The van der Waals surface area contributed by atoms with Crippen LogP contribution < -0.4 is 9.64 Å². The predicted octanol–water partition coefficient (Wildman–Crippen LogP) is 7.56. The summed E-state index contributed by atoms with van der Waals surface area (Å²) in [5.74, 6) is 0.262. The lowest BCUT2D eigenvalue weighted by Crippen LogP contribution is -2.42. The molecule has 0 N–H and O–H groups in total. The molecule has 2 aromatic heterocycles. The number of benzene rings is 1. The molecule has 1 aliphatic rings. The molecular weight excluding hydrogens is 534 g/mol. The van der Waals surface area contributed by atoms with Crippen LogP contribution in [0.2, 0.25) is 0 Å². The van der Waals surface area contributed by atoms with Crippen LogP contribution in [0.15, 0.2) is 36.4 Å². The fourth-order valence-electron chi connectivity index (χ4n) is 5.14. The number of aromatic nitrogens is 2. The van der Waals surface area contributed by atoms with Gasteiger partial charge in [-0.1, -0.05) is 20.8 Å². The summed E-state index contributed by atoms with van der Waals surface area (Å²) in [4.78, 5) is 47.4. The second kappa shape index (κ2) is 11.1. The lowest BCUT2D eigenvalue weighted by atomic mass is 9.71. The maximum Gasteiger partial charge on any atom is 0.422 e. The molecule has 0 spiro atoms. The number of fused-ring (bicyclic) bond motifs is 2. The van der Waals surface area contributed by atoms with Crippen LogP contribution in [0.1, 0.15) is 90.5 Å². The first kappa shape index (κ1) is 31.1. The second-order valence-electron chi connectivity index (χ2n) is 14.0. The largest absolute Gasteiger partial charge is 0.497 e. The van der Waals surface area contributed by atoms with Gasteiger partial charge in [-0.25, -0.2) is 19.1 Å². The third kappa shape index (κ3) is 6.77. The average molecular weight is 578 g/mol. The smallest absolute Gasteiger partial charge is 0.422 e. The number of rotatable bonds is 3. The Labute approximate surface area is 248 Å². The van der Waals surface area contributed by atoms with Gasteiger partial charge in [-0.15, -0.1) is 0 Å². The van der Waals surface area contributed by atoms with Crippen LogP contribution in [-0.2, 0) is 22.3 Å². The molecule has 9 nitrogen and oxygen atoms in total. The number of amides is 2. The van der Waals surface area contributed by atoms with Gasteiger partial charge in [0.25, 0.3) is 5.91 Å². The van der Waals surface area contributed by atoms with Gasteiger partial charge in [0.2, 0.25) is 0 Å². The molecule has 0 aliphatic heterocycles. The average Bonchev–Trinajstić information content (AvgIpc) is 3.23. The number of methoxy groups -OCH3 is 1. The van der Waals surface area contributed by atoms with Gasteiger partial charge in [0.1, 0.15) is 22.6 Å². The highest BCUT2D eigenvalue weighted by Crippen LogP contribution is 2.38. The summed E-state index contributed by atoms with van der Waals surface area (Å²) in [5, 5.41) is 0. The molecule has 0 saturated carbocycles. The quantitative estimate of drug-likeness (QED) is 0.317. The molecule has 0 bridgehead atoms. The molecule has 1 atom stereocenters. The summed E-state index contributed by atoms with van der Waals surface area (Å²) in [6.45, 7) is 17.1. The van der Waals surface area contributed by atoms with Crippen molar-refractivity contribution in [3.63, 3.8) is 0 Å². The Morgan fingerprint density at radius 2 is 1.52 bits per heavy atom. The van der Waals surface area contributed by atoms with Gasteiger partial charge in [0.15, 0.2) is 0 Å². The summed E-state index contributed by atoms with van der Waals surface area (Å²) < 4.78 is 17.9. The van der Waals surface area contributed by atoms with E-state index in [1.165, 1.54) is 11.7 Å². The number of imide groups is 1. The Hall–Kier alpha value is -3.88. The number of hydrogen-bond donors (Lipinski definition) is 0. The zero-order valence-corrected chi connectivity index (χ0v) is 26.5. The van der Waals surface area contributed by atoms with E-state index in [-0.39, 0.29) is 16.8 Å². The Morgan fingerprint density at radius 3 is 2.07 bits per heavy atom. The van der Waals surface area contributed by atoms with Crippen molar-refractivity contribution < 1.29 is 28.6 Å². The second-order valence-corrected chi connectivity index (χ2v) is 14.0. The van der Waals surface area contributed by atoms with E-state index in [0.717, 1.165) is 35.4 Å². The van der Waals surface area contributed by atoms with E-state index in [1.54, 1.807) is 71.9 Å². The fourth-order valence-corrected chi connectivity index (χ4v) is 5.14. The van der Waals surface area contributed by atoms with E-state index >= 15 is 0 Å². The van der Waals surface area contributed by atoms with Crippen LogP contribution >= 0.6 is 0 Å². The van der Waals surface area contributed by atoms with E-state index in [4.69, 9.17) is 19.2 Å². The molecule has 0 radical (unpaired) electrons. The van der Waals surface area contributed by atoms with Crippen LogP contribution in [0.5, 0.6) is 5.75 Å². The number of pyridine rings is 1. The van der Waals surface area contributed by atoms with Crippen molar-refractivity contribution in [3.05, 3.63) is 53.3 Å². The zero-order chi connectivity index (χ0) is 31.2. The highest BCUT2D eigenvalue weighted by atomic mass is 16.6. The van der Waals surface area contributed by atoms with Crippen molar-refractivity contribution in [2.24, 2.45) is 11.3 Å². The Balaban J connectivity index is 1.90. The minimum Gasteiger partial charge on any atom is -0.497 e. The first-order chi connectivity index (χ1) is 19.4. The third-order valence-electron chi connectivity index (χ3n) is 7.28. The predicted molar refractivity (Wildman–Crippen MR) is 162 cm³/mol. The molecule has 42 heavy (non-hydrogen) atoms. The molecule has 0 unspecified atom stereocenters. The first-order valence-electron chi connectivity index (χ1n) is 14.4. The molecule has 226 valence electrons. The molecule has 3 aromatic rings. The number of carbonyl (C=O) groups is 3. The van der Waals surface area contributed by atoms with Gasteiger partial charge < -0.3 is 14.2 Å². The minimum atomic E-state index is -0.876. The van der Waals surface area contributed by atoms with Gasteiger partial charge in [0, 0.05) is 5.69 Å². The van der Waals surface area contributed by atoms with Crippen molar-refractivity contribution in [2.75, 3.05) is 12.0 Å². The molecular formula is C33H43N3O6. The van der Waals surface area contributed by atoms with E-state index in [1.807, 2.05) is 6.07 Å². The monoisotopic (exact) mass is 577 g/mol. The number of hydrogen-bond acceptors (Lipinski definition) is 7. The van der Waals surface area contributed by atoms with Crippen LogP contribution in [0.3, 0.4) is 0 Å². The van der Waals surface area contributed by atoms with Gasteiger partial charge >= 0.3 is 12.2 Å². The summed E-state index contributed by atoms with van der Waals surface area (Å²) >= 11 is 0. The summed E-state index contributed by atoms with van der Waals surface area (Å²) in [6.07, 6.45) is 1.03. The maximum absolute atomic E-state index is 14.3. The van der Waals surface area contributed by atoms with Gasteiger partial charge in [0.05, 0.1) is 23.8 Å². The minimum absolute atomic E-state index is 0.0526. The number of nitrogens with zero attached hydrogens (tertiary/aromatic N) is 3. The van der Waals surface area contributed by atoms with Crippen molar-refractivity contribution in [3.8, 4) is 5.75 Å². The standard InChI is InChI=1S/C33H43N3O6/c1-31(2,3)21-11-16-24-20(17-21)18-26-25(34-24)19-27(36(26)30(39)42-33(7,8)9)28(37)35(29(38)41-32(4,5)6)22-12-14-23(40-10)15-13-22/h12-15,18-19,21H,11,16-17H2,1-10H3/t21-/m1/s1.